The molecule has 0 saturated heterocycles. The van der Waals surface area contributed by atoms with E-state index in [1.54, 1.807) is 0 Å². The highest BCUT2D eigenvalue weighted by Crippen LogP contribution is 2.25. The lowest BCUT2D eigenvalue weighted by Gasteiger charge is -2.36. The Morgan fingerprint density at radius 2 is 1.63 bits per heavy atom. The van der Waals surface area contributed by atoms with Crippen LogP contribution in [0.15, 0.2) is 0 Å². The number of amides is 2. The van der Waals surface area contributed by atoms with Crippen LogP contribution in [0.25, 0.3) is 0 Å². The molecule has 2 N–H and O–H groups in total. The fourth-order valence-corrected chi connectivity index (χ4v) is 1.35. The Morgan fingerprint density at radius 3 is 1.95 bits per heavy atom. The second kappa shape index (κ2) is 6.26. The highest BCUT2D eigenvalue weighted by atomic mass is 16.4. The number of urea groups is 1. The van der Waals surface area contributed by atoms with E-state index >= 15 is 0 Å². The Balaban J connectivity index is 4.72. The Labute approximate surface area is 116 Å². The largest absolute Gasteiger partial charge is 0.480 e. The van der Waals surface area contributed by atoms with E-state index in [1.165, 1.54) is 4.90 Å². The van der Waals surface area contributed by atoms with Crippen molar-refractivity contribution >= 4 is 12.0 Å². The van der Waals surface area contributed by atoms with Crippen LogP contribution in [-0.2, 0) is 4.79 Å². The minimum Gasteiger partial charge on any atom is -0.480 e. The van der Waals surface area contributed by atoms with E-state index in [1.807, 2.05) is 20.8 Å². The smallest absolute Gasteiger partial charge is 0.323 e. The molecule has 0 heterocycles. The first kappa shape index (κ1) is 17.7. The van der Waals surface area contributed by atoms with Crippen molar-refractivity contribution in [3.8, 4) is 0 Å². The predicted octanol–water partition coefficient (Wildman–Crippen LogP) is 2.56. The van der Waals surface area contributed by atoms with Crippen LogP contribution in [-0.4, -0.2) is 40.6 Å². The normalized spacial score (nSPS) is 12.4. The molecule has 0 aliphatic heterocycles. The van der Waals surface area contributed by atoms with Crippen LogP contribution in [0.4, 0.5) is 4.79 Å². The van der Waals surface area contributed by atoms with Gasteiger partial charge in [-0.25, -0.2) is 4.79 Å². The first-order valence-electron chi connectivity index (χ1n) is 6.65. The third-order valence-corrected chi connectivity index (χ3v) is 3.61. The molecule has 0 aromatic carbocycles. The molecule has 0 aliphatic carbocycles. The molecule has 19 heavy (non-hydrogen) atoms. The van der Waals surface area contributed by atoms with Crippen LogP contribution in [0.5, 0.6) is 0 Å². The van der Waals surface area contributed by atoms with Gasteiger partial charge in [-0.2, -0.15) is 0 Å². The molecule has 0 bridgehead atoms. The van der Waals surface area contributed by atoms with Gasteiger partial charge in [0.05, 0.1) is 0 Å². The second-order valence-electron chi connectivity index (χ2n) is 6.95. The number of nitrogens with zero attached hydrogens (tertiary/aromatic N) is 1. The Morgan fingerprint density at radius 1 is 1.16 bits per heavy atom. The highest BCUT2D eigenvalue weighted by molar-refractivity contribution is 5.80. The quantitative estimate of drug-likeness (QED) is 0.808. The molecule has 5 heteroatoms. The summed E-state index contributed by atoms with van der Waals surface area (Å²) in [5, 5.41) is 11.7. The number of carbonyl (C=O) groups excluding carboxylic acids is 1. The number of rotatable bonds is 5. The molecule has 0 aromatic heterocycles. The van der Waals surface area contributed by atoms with Gasteiger partial charge in [0.1, 0.15) is 6.54 Å². The monoisotopic (exact) mass is 272 g/mol. The summed E-state index contributed by atoms with van der Waals surface area (Å²) in [6, 6.07) is -0.330. The van der Waals surface area contributed by atoms with Crippen LogP contribution in [0.2, 0.25) is 0 Å². The summed E-state index contributed by atoms with van der Waals surface area (Å²) in [5.41, 5.74) is -0.549. The number of nitrogens with one attached hydrogen (secondary N) is 1. The van der Waals surface area contributed by atoms with Gasteiger partial charge in [0.25, 0.3) is 0 Å². The van der Waals surface area contributed by atoms with Gasteiger partial charge in [-0.1, -0.05) is 27.7 Å². The molecule has 0 spiro atoms. The van der Waals surface area contributed by atoms with E-state index < -0.39 is 11.5 Å². The first-order valence-corrected chi connectivity index (χ1v) is 6.65. The number of hydrogen-bond donors (Lipinski definition) is 2. The van der Waals surface area contributed by atoms with Crippen molar-refractivity contribution in [2.75, 3.05) is 13.1 Å². The summed E-state index contributed by atoms with van der Waals surface area (Å²) in [7, 11) is 0. The lowest BCUT2D eigenvalue weighted by Crippen LogP contribution is -2.54. The van der Waals surface area contributed by atoms with E-state index in [4.69, 9.17) is 5.11 Å². The first-order chi connectivity index (χ1) is 8.38. The molecule has 5 nitrogen and oxygen atoms in total. The maximum Gasteiger partial charge on any atom is 0.323 e. The topological polar surface area (TPSA) is 69.6 Å². The fraction of sp³-hybridized carbons (Fsp3) is 0.857. The molecular weight excluding hydrogens is 244 g/mol. The van der Waals surface area contributed by atoms with Gasteiger partial charge in [-0.05, 0) is 32.1 Å². The molecule has 2 amide bonds. The SMILES string of the molecule is CC(C)C(C)(C)CNC(=O)N(CC(=O)O)C(C)(C)C. The second-order valence-corrected chi connectivity index (χ2v) is 6.95. The van der Waals surface area contributed by atoms with Crippen molar-refractivity contribution < 1.29 is 14.7 Å². The van der Waals surface area contributed by atoms with Crippen LogP contribution >= 0.6 is 0 Å². The lowest BCUT2D eigenvalue weighted by atomic mass is 9.81. The van der Waals surface area contributed by atoms with Crippen molar-refractivity contribution in [2.45, 2.75) is 54.0 Å². The zero-order chi connectivity index (χ0) is 15.4. The van der Waals surface area contributed by atoms with Crippen molar-refractivity contribution in [1.29, 1.82) is 0 Å². The summed E-state index contributed by atoms with van der Waals surface area (Å²) in [5.74, 6) is -0.580. The number of carbonyl (C=O) groups is 2. The van der Waals surface area contributed by atoms with E-state index in [0.29, 0.717) is 12.5 Å². The summed E-state index contributed by atoms with van der Waals surface area (Å²) in [4.78, 5) is 24.3. The number of carboxylic acids is 1. The van der Waals surface area contributed by atoms with Gasteiger partial charge < -0.3 is 15.3 Å². The maximum atomic E-state index is 12.1. The van der Waals surface area contributed by atoms with Crippen molar-refractivity contribution in [3.05, 3.63) is 0 Å². The zero-order valence-electron chi connectivity index (χ0n) is 13.2. The van der Waals surface area contributed by atoms with Crippen molar-refractivity contribution in [1.82, 2.24) is 10.2 Å². The molecule has 0 radical (unpaired) electrons. The molecular formula is C14H28N2O3. The van der Waals surface area contributed by atoms with Gasteiger partial charge in [0, 0.05) is 12.1 Å². The molecule has 0 unspecified atom stereocenters. The Hall–Kier alpha value is -1.26. The summed E-state index contributed by atoms with van der Waals surface area (Å²) < 4.78 is 0. The standard InChI is InChI=1S/C14H28N2O3/c1-10(2)14(6,7)9-15-12(19)16(8-11(17)18)13(3,4)5/h10H,8-9H2,1-7H3,(H,15,19)(H,17,18). The van der Waals surface area contributed by atoms with Gasteiger partial charge in [-0.15, -0.1) is 0 Å². The van der Waals surface area contributed by atoms with E-state index in [0.717, 1.165) is 0 Å². The number of hydrogen-bond acceptors (Lipinski definition) is 2. The molecule has 0 atom stereocenters. The third kappa shape index (κ3) is 5.94. The van der Waals surface area contributed by atoms with Gasteiger partial charge in [0.15, 0.2) is 0 Å². The zero-order valence-corrected chi connectivity index (χ0v) is 13.2. The summed E-state index contributed by atoms with van der Waals surface area (Å²) >= 11 is 0. The maximum absolute atomic E-state index is 12.1. The summed E-state index contributed by atoms with van der Waals surface area (Å²) in [6.07, 6.45) is 0. The van der Waals surface area contributed by atoms with Crippen molar-refractivity contribution in [2.24, 2.45) is 11.3 Å². The van der Waals surface area contributed by atoms with Crippen LogP contribution in [0.3, 0.4) is 0 Å². The number of carboxylic acid groups (broad SMARTS) is 1. The van der Waals surface area contributed by atoms with E-state index in [-0.39, 0.29) is 18.0 Å². The van der Waals surface area contributed by atoms with E-state index in [9.17, 15) is 9.59 Å². The van der Waals surface area contributed by atoms with E-state index in [2.05, 4.69) is 33.0 Å². The predicted molar refractivity (Wildman–Crippen MR) is 76.1 cm³/mol. The number of aliphatic carboxylic acids is 1. The fourth-order valence-electron chi connectivity index (χ4n) is 1.35. The minimum atomic E-state index is -1.01. The highest BCUT2D eigenvalue weighted by Gasteiger charge is 2.30. The Bertz CT molecular complexity index is 330. The van der Waals surface area contributed by atoms with Crippen LogP contribution < -0.4 is 5.32 Å². The van der Waals surface area contributed by atoms with Crippen molar-refractivity contribution in [3.63, 3.8) is 0 Å². The van der Waals surface area contributed by atoms with Crippen LogP contribution in [0, 0.1) is 11.3 Å². The molecule has 112 valence electrons. The third-order valence-electron chi connectivity index (χ3n) is 3.61. The average Bonchev–Trinajstić information content (AvgIpc) is 2.20. The molecule has 0 aliphatic rings. The minimum absolute atomic E-state index is 0.0254. The molecule has 0 fully saturated rings. The Kier molecular flexibility index (Phi) is 5.84. The van der Waals surface area contributed by atoms with Gasteiger partial charge in [-0.3, -0.25) is 4.79 Å². The summed E-state index contributed by atoms with van der Waals surface area (Å²) in [6.45, 7) is 14.1. The van der Waals surface area contributed by atoms with Gasteiger partial charge in [0.2, 0.25) is 0 Å². The lowest BCUT2D eigenvalue weighted by molar-refractivity contribution is -0.138. The molecule has 0 saturated carbocycles. The van der Waals surface area contributed by atoms with Crippen LogP contribution in [0.1, 0.15) is 48.5 Å². The average molecular weight is 272 g/mol. The molecule has 0 rings (SSSR count). The van der Waals surface area contributed by atoms with Gasteiger partial charge >= 0.3 is 12.0 Å². The molecule has 0 aromatic rings.